The van der Waals surface area contributed by atoms with Crippen molar-refractivity contribution >= 4 is 35.0 Å². The highest BCUT2D eigenvalue weighted by atomic mass is 35.5. The third-order valence-corrected chi connectivity index (χ3v) is 4.90. The third kappa shape index (κ3) is 4.83. The number of halogens is 2. The summed E-state index contributed by atoms with van der Waals surface area (Å²) in [4.78, 5) is 3.59. The van der Waals surface area contributed by atoms with Gasteiger partial charge in [0.2, 0.25) is 0 Å². The van der Waals surface area contributed by atoms with Crippen molar-refractivity contribution in [2.45, 2.75) is 30.8 Å². The minimum atomic E-state index is 0.573. The highest BCUT2D eigenvalue weighted by molar-refractivity contribution is 7.99. The molecule has 2 rings (SSSR count). The number of piperazine rings is 1. The zero-order valence-corrected chi connectivity index (χ0v) is 13.7. The summed E-state index contributed by atoms with van der Waals surface area (Å²) in [5, 5.41) is 5.08. The second-order valence-electron chi connectivity index (χ2n) is 5.15. The van der Waals surface area contributed by atoms with Gasteiger partial charge < -0.3 is 5.32 Å². The molecule has 19 heavy (non-hydrogen) atoms. The molecule has 5 heteroatoms. The Morgan fingerprint density at radius 3 is 2.63 bits per heavy atom. The molecular weight excluding hydrogens is 299 g/mol. The lowest BCUT2D eigenvalue weighted by Gasteiger charge is -2.36. The highest BCUT2D eigenvalue weighted by Gasteiger charge is 2.20. The Balaban J connectivity index is 1.81. The van der Waals surface area contributed by atoms with Crippen molar-refractivity contribution in [1.82, 2.24) is 10.2 Å². The molecule has 2 nitrogen and oxygen atoms in total. The van der Waals surface area contributed by atoms with E-state index in [9.17, 15) is 0 Å². The van der Waals surface area contributed by atoms with Crippen molar-refractivity contribution in [1.29, 1.82) is 0 Å². The SMILES string of the molecule is CC1CN(CCSc2cc(Cl)ccc2Cl)CC(C)N1. The Bertz CT molecular complexity index is 418. The van der Waals surface area contributed by atoms with Crippen LogP contribution in [0.4, 0.5) is 0 Å². The van der Waals surface area contributed by atoms with E-state index in [2.05, 4.69) is 24.1 Å². The van der Waals surface area contributed by atoms with Crippen LogP contribution in [0.2, 0.25) is 10.0 Å². The molecular formula is C14H20Cl2N2S. The van der Waals surface area contributed by atoms with Crippen molar-refractivity contribution in [3.05, 3.63) is 28.2 Å². The minimum absolute atomic E-state index is 0.573. The smallest absolute Gasteiger partial charge is 0.0542 e. The molecule has 0 spiro atoms. The third-order valence-electron chi connectivity index (χ3n) is 3.19. The molecule has 0 radical (unpaired) electrons. The standard InChI is InChI=1S/C14H20Cl2N2S/c1-10-8-18(9-11(2)17-10)5-6-19-14-7-12(15)3-4-13(14)16/h3-4,7,10-11,17H,5-6,8-9H2,1-2H3. The highest BCUT2D eigenvalue weighted by Crippen LogP contribution is 2.29. The zero-order valence-electron chi connectivity index (χ0n) is 11.3. The number of benzene rings is 1. The maximum Gasteiger partial charge on any atom is 0.0542 e. The fraction of sp³-hybridized carbons (Fsp3) is 0.571. The molecule has 1 heterocycles. The summed E-state index contributed by atoms with van der Waals surface area (Å²) in [6, 6.07) is 6.78. The van der Waals surface area contributed by atoms with E-state index in [1.165, 1.54) is 0 Å². The lowest BCUT2D eigenvalue weighted by molar-refractivity contribution is 0.183. The van der Waals surface area contributed by atoms with Gasteiger partial charge in [-0.25, -0.2) is 0 Å². The molecule has 1 fully saturated rings. The Labute approximate surface area is 129 Å². The summed E-state index contributed by atoms with van der Waals surface area (Å²) in [7, 11) is 0. The number of hydrogen-bond acceptors (Lipinski definition) is 3. The lowest BCUT2D eigenvalue weighted by atomic mass is 10.1. The van der Waals surface area contributed by atoms with Gasteiger partial charge in [-0.3, -0.25) is 4.90 Å². The first-order chi connectivity index (χ1) is 9.04. The normalized spacial score (nSPS) is 24.6. The van der Waals surface area contributed by atoms with Gasteiger partial charge in [0.1, 0.15) is 0 Å². The van der Waals surface area contributed by atoms with Gasteiger partial charge in [-0.2, -0.15) is 0 Å². The molecule has 1 aromatic rings. The van der Waals surface area contributed by atoms with E-state index < -0.39 is 0 Å². The van der Waals surface area contributed by atoms with Gasteiger partial charge in [-0.05, 0) is 32.0 Å². The molecule has 106 valence electrons. The number of nitrogens with zero attached hydrogens (tertiary/aromatic N) is 1. The summed E-state index contributed by atoms with van der Waals surface area (Å²) < 4.78 is 0. The summed E-state index contributed by atoms with van der Waals surface area (Å²) >= 11 is 13.9. The van der Waals surface area contributed by atoms with Crippen LogP contribution in [-0.4, -0.2) is 42.4 Å². The Kier molecular flexibility index (Phi) is 5.85. The number of hydrogen-bond donors (Lipinski definition) is 1. The molecule has 1 saturated heterocycles. The van der Waals surface area contributed by atoms with Crippen LogP contribution in [0.15, 0.2) is 23.1 Å². The first kappa shape index (κ1) is 15.5. The van der Waals surface area contributed by atoms with Gasteiger partial charge in [0.25, 0.3) is 0 Å². The van der Waals surface area contributed by atoms with Crippen LogP contribution in [0.1, 0.15) is 13.8 Å². The molecule has 0 bridgehead atoms. The minimum Gasteiger partial charge on any atom is -0.309 e. The van der Waals surface area contributed by atoms with Crippen molar-refractivity contribution < 1.29 is 0 Å². The van der Waals surface area contributed by atoms with Crippen molar-refractivity contribution in [3.63, 3.8) is 0 Å². The number of nitrogens with one attached hydrogen (secondary N) is 1. The second kappa shape index (κ2) is 7.19. The first-order valence-corrected chi connectivity index (χ1v) is 8.35. The molecule has 2 unspecified atom stereocenters. The molecule has 2 atom stereocenters. The molecule has 0 aromatic heterocycles. The summed E-state index contributed by atoms with van der Waals surface area (Å²) in [5.41, 5.74) is 0. The van der Waals surface area contributed by atoms with Crippen LogP contribution >= 0.6 is 35.0 Å². The van der Waals surface area contributed by atoms with Crippen LogP contribution in [0.5, 0.6) is 0 Å². The second-order valence-corrected chi connectivity index (χ2v) is 7.13. The van der Waals surface area contributed by atoms with E-state index >= 15 is 0 Å². The Morgan fingerprint density at radius 2 is 1.95 bits per heavy atom. The number of thioether (sulfide) groups is 1. The van der Waals surface area contributed by atoms with E-state index in [1.807, 2.05) is 18.2 Å². The lowest BCUT2D eigenvalue weighted by Crippen LogP contribution is -2.54. The largest absolute Gasteiger partial charge is 0.309 e. The van der Waals surface area contributed by atoms with Crippen LogP contribution in [-0.2, 0) is 0 Å². The predicted octanol–water partition coefficient (Wildman–Crippen LogP) is 3.77. The Morgan fingerprint density at radius 1 is 1.26 bits per heavy atom. The average molecular weight is 319 g/mol. The van der Waals surface area contributed by atoms with Gasteiger partial charge in [-0.1, -0.05) is 23.2 Å². The molecule has 1 aromatic carbocycles. The predicted molar refractivity (Wildman–Crippen MR) is 85.7 cm³/mol. The Hall–Kier alpha value is 0.0700. The molecule has 1 aliphatic heterocycles. The van der Waals surface area contributed by atoms with Gasteiger partial charge >= 0.3 is 0 Å². The summed E-state index contributed by atoms with van der Waals surface area (Å²) in [6.45, 7) is 7.81. The average Bonchev–Trinajstić information content (AvgIpc) is 2.32. The number of rotatable bonds is 4. The van der Waals surface area contributed by atoms with Crippen LogP contribution < -0.4 is 5.32 Å². The van der Waals surface area contributed by atoms with Crippen molar-refractivity contribution in [2.75, 3.05) is 25.4 Å². The fourth-order valence-electron chi connectivity index (χ4n) is 2.50. The van der Waals surface area contributed by atoms with Crippen LogP contribution in [0.25, 0.3) is 0 Å². The first-order valence-electron chi connectivity index (χ1n) is 6.61. The van der Waals surface area contributed by atoms with E-state index in [0.717, 1.165) is 40.3 Å². The fourth-order valence-corrected chi connectivity index (χ4v) is 4.00. The quantitative estimate of drug-likeness (QED) is 0.851. The zero-order chi connectivity index (χ0) is 13.8. The molecule has 0 amide bonds. The van der Waals surface area contributed by atoms with Gasteiger partial charge in [0, 0.05) is 47.4 Å². The molecule has 0 saturated carbocycles. The van der Waals surface area contributed by atoms with Crippen molar-refractivity contribution in [2.24, 2.45) is 0 Å². The van der Waals surface area contributed by atoms with E-state index in [-0.39, 0.29) is 0 Å². The summed E-state index contributed by atoms with van der Waals surface area (Å²) in [6.07, 6.45) is 0. The van der Waals surface area contributed by atoms with Gasteiger partial charge in [0.05, 0.1) is 5.02 Å². The molecule has 1 aliphatic rings. The van der Waals surface area contributed by atoms with E-state index in [1.54, 1.807) is 11.8 Å². The molecule has 0 aliphatic carbocycles. The topological polar surface area (TPSA) is 15.3 Å². The maximum atomic E-state index is 6.16. The van der Waals surface area contributed by atoms with Crippen LogP contribution in [0.3, 0.4) is 0 Å². The molecule has 1 N–H and O–H groups in total. The van der Waals surface area contributed by atoms with E-state index in [0.29, 0.717) is 12.1 Å². The monoisotopic (exact) mass is 318 g/mol. The maximum absolute atomic E-state index is 6.16. The van der Waals surface area contributed by atoms with E-state index in [4.69, 9.17) is 23.2 Å². The van der Waals surface area contributed by atoms with Gasteiger partial charge in [-0.15, -0.1) is 11.8 Å². The van der Waals surface area contributed by atoms with Gasteiger partial charge in [0.15, 0.2) is 0 Å². The van der Waals surface area contributed by atoms with Crippen molar-refractivity contribution in [3.8, 4) is 0 Å². The summed E-state index contributed by atoms with van der Waals surface area (Å²) in [5.74, 6) is 1.04. The van der Waals surface area contributed by atoms with Crippen LogP contribution in [0, 0.1) is 0 Å².